The Hall–Kier alpha value is -0.920. The first-order valence-electron chi connectivity index (χ1n) is 7.95. The van der Waals surface area contributed by atoms with Crippen molar-refractivity contribution in [2.45, 2.75) is 62.2 Å². The molecule has 3 aliphatic heterocycles. The van der Waals surface area contributed by atoms with Crippen molar-refractivity contribution in [2.75, 3.05) is 13.1 Å². The first-order valence-corrected chi connectivity index (χ1v) is 9.39. The third-order valence-corrected chi connectivity index (χ3v) is 6.62. The van der Waals surface area contributed by atoms with E-state index in [1.807, 2.05) is 4.57 Å². The zero-order valence-corrected chi connectivity index (χ0v) is 13.0. The van der Waals surface area contributed by atoms with Gasteiger partial charge in [-0.1, -0.05) is 6.42 Å². The van der Waals surface area contributed by atoms with E-state index < -0.39 is 10.0 Å². The lowest BCUT2D eigenvalue weighted by atomic mass is 9.96. The van der Waals surface area contributed by atoms with Crippen molar-refractivity contribution in [1.29, 1.82) is 0 Å². The minimum atomic E-state index is -3.44. The molecular weight excluding hydrogens is 288 g/mol. The van der Waals surface area contributed by atoms with Crippen molar-refractivity contribution in [2.24, 2.45) is 0 Å². The van der Waals surface area contributed by atoms with E-state index in [9.17, 15) is 8.42 Å². The number of aromatic nitrogens is 2. The molecule has 2 bridgehead atoms. The maximum atomic E-state index is 12.9. The smallest absolute Gasteiger partial charge is 0.262 e. The molecular formula is C14H22N4O2S. The Morgan fingerprint density at radius 1 is 1.14 bits per heavy atom. The highest BCUT2D eigenvalue weighted by Gasteiger charge is 2.37. The van der Waals surface area contributed by atoms with Gasteiger partial charge in [-0.05, 0) is 25.7 Å². The molecule has 4 heterocycles. The molecule has 2 unspecified atom stereocenters. The molecule has 2 saturated heterocycles. The van der Waals surface area contributed by atoms with Gasteiger partial charge >= 0.3 is 0 Å². The number of imidazole rings is 1. The van der Waals surface area contributed by atoms with E-state index in [1.165, 1.54) is 6.42 Å². The lowest BCUT2D eigenvalue weighted by Gasteiger charge is -2.41. The van der Waals surface area contributed by atoms with E-state index in [-0.39, 0.29) is 5.03 Å². The van der Waals surface area contributed by atoms with Crippen LogP contribution < -0.4 is 5.32 Å². The second-order valence-electron chi connectivity index (χ2n) is 6.46. The average molecular weight is 310 g/mol. The molecule has 0 radical (unpaired) electrons. The van der Waals surface area contributed by atoms with Crippen molar-refractivity contribution >= 4 is 10.0 Å². The molecule has 7 heteroatoms. The highest BCUT2D eigenvalue weighted by atomic mass is 32.2. The number of piperazine rings is 1. The van der Waals surface area contributed by atoms with Gasteiger partial charge in [-0.2, -0.15) is 4.31 Å². The van der Waals surface area contributed by atoms with Crippen molar-refractivity contribution in [3.05, 3.63) is 12.0 Å². The van der Waals surface area contributed by atoms with Crippen molar-refractivity contribution in [1.82, 2.24) is 19.2 Å². The third-order valence-electron chi connectivity index (χ3n) is 4.92. The molecule has 3 aliphatic rings. The van der Waals surface area contributed by atoms with Gasteiger partial charge in [-0.25, -0.2) is 13.4 Å². The fourth-order valence-corrected chi connectivity index (χ4v) is 5.30. The topological polar surface area (TPSA) is 67.2 Å². The van der Waals surface area contributed by atoms with E-state index in [1.54, 1.807) is 10.5 Å². The van der Waals surface area contributed by atoms with Gasteiger partial charge in [0.25, 0.3) is 10.0 Å². The van der Waals surface area contributed by atoms with Crippen LogP contribution in [0.5, 0.6) is 0 Å². The van der Waals surface area contributed by atoms with Crippen LogP contribution in [0.25, 0.3) is 0 Å². The summed E-state index contributed by atoms with van der Waals surface area (Å²) in [4.78, 5) is 4.40. The van der Waals surface area contributed by atoms with E-state index in [0.717, 1.165) is 44.5 Å². The summed E-state index contributed by atoms with van der Waals surface area (Å²) in [6.07, 6.45) is 8.19. The number of nitrogens with zero attached hydrogens (tertiary/aromatic N) is 3. The first kappa shape index (κ1) is 13.7. The standard InChI is InChI=1S/C14H22N4O2S/c19-21(20,14-10-17-7-2-1-6-13(17)16-14)18-8-11-4-3-5-12(9-18)15-11/h10-12,15H,1-9H2. The van der Waals surface area contributed by atoms with Crippen LogP contribution in [0, 0.1) is 0 Å². The van der Waals surface area contributed by atoms with Crippen LogP contribution in [0.1, 0.15) is 37.9 Å². The fraction of sp³-hybridized carbons (Fsp3) is 0.786. The number of rotatable bonds is 2. The van der Waals surface area contributed by atoms with Gasteiger partial charge in [-0.15, -0.1) is 0 Å². The van der Waals surface area contributed by atoms with Crippen molar-refractivity contribution in [3.8, 4) is 0 Å². The number of hydrogen-bond donors (Lipinski definition) is 1. The van der Waals surface area contributed by atoms with Crippen LogP contribution in [-0.4, -0.2) is 47.4 Å². The Morgan fingerprint density at radius 3 is 2.62 bits per heavy atom. The molecule has 6 nitrogen and oxygen atoms in total. The van der Waals surface area contributed by atoms with Crippen LogP contribution in [0.4, 0.5) is 0 Å². The van der Waals surface area contributed by atoms with Crippen LogP contribution >= 0.6 is 0 Å². The van der Waals surface area contributed by atoms with Crippen molar-refractivity contribution in [3.63, 3.8) is 0 Å². The Balaban J connectivity index is 1.62. The van der Waals surface area contributed by atoms with Crippen LogP contribution in [0.3, 0.4) is 0 Å². The zero-order valence-electron chi connectivity index (χ0n) is 12.2. The van der Waals surface area contributed by atoms with Gasteiger partial charge < -0.3 is 9.88 Å². The Morgan fingerprint density at radius 2 is 1.90 bits per heavy atom. The van der Waals surface area contributed by atoms with Gasteiger partial charge in [-0.3, -0.25) is 0 Å². The maximum Gasteiger partial charge on any atom is 0.262 e. The zero-order chi connectivity index (χ0) is 14.4. The lowest BCUT2D eigenvalue weighted by molar-refractivity contribution is 0.190. The molecule has 0 spiro atoms. The predicted octanol–water partition coefficient (Wildman–Crippen LogP) is 0.734. The molecule has 0 aliphatic carbocycles. The fourth-order valence-electron chi connectivity index (χ4n) is 3.80. The molecule has 0 amide bonds. The highest BCUT2D eigenvalue weighted by Crippen LogP contribution is 2.25. The molecule has 21 heavy (non-hydrogen) atoms. The minimum absolute atomic E-state index is 0.249. The number of piperidine rings is 1. The number of sulfonamides is 1. The summed E-state index contributed by atoms with van der Waals surface area (Å²) in [6, 6.07) is 0.619. The van der Waals surface area contributed by atoms with Gasteiger partial charge in [0.2, 0.25) is 0 Å². The average Bonchev–Trinajstić information content (AvgIpc) is 2.91. The van der Waals surface area contributed by atoms with E-state index in [0.29, 0.717) is 25.2 Å². The van der Waals surface area contributed by atoms with E-state index >= 15 is 0 Å². The van der Waals surface area contributed by atoms with E-state index in [2.05, 4.69) is 10.3 Å². The molecule has 1 N–H and O–H groups in total. The van der Waals surface area contributed by atoms with Gasteiger partial charge in [0.05, 0.1) is 0 Å². The normalized spacial score (nSPS) is 30.1. The molecule has 1 aromatic rings. The maximum absolute atomic E-state index is 12.9. The molecule has 0 aromatic carbocycles. The molecule has 116 valence electrons. The molecule has 2 fully saturated rings. The largest absolute Gasteiger partial charge is 0.333 e. The van der Waals surface area contributed by atoms with Crippen molar-refractivity contribution < 1.29 is 8.42 Å². The highest BCUT2D eigenvalue weighted by molar-refractivity contribution is 7.89. The Labute approximate surface area is 125 Å². The monoisotopic (exact) mass is 310 g/mol. The second kappa shape index (κ2) is 5.07. The third kappa shape index (κ3) is 2.41. The molecule has 2 atom stereocenters. The van der Waals surface area contributed by atoms with Gasteiger partial charge in [0.1, 0.15) is 5.82 Å². The SMILES string of the molecule is O=S(=O)(c1cn2c(n1)CCCC2)N1CC2CCCC(C1)N2. The molecule has 4 rings (SSSR count). The van der Waals surface area contributed by atoms with Crippen LogP contribution in [0.15, 0.2) is 11.2 Å². The predicted molar refractivity (Wildman–Crippen MR) is 78.5 cm³/mol. The number of hydrogen-bond acceptors (Lipinski definition) is 4. The Kier molecular flexibility index (Phi) is 3.31. The molecule has 1 aromatic heterocycles. The van der Waals surface area contributed by atoms with Gasteiger partial charge in [0.15, 0.2) is 5.03 Å². The lowest BCUT2D eigenvalue weighted by Crippen LogP contribution is -2.59. The first-order chi connectivity index (χ1) is 10.1. The summed E-state index contributed by atoms with van der Waals surface area (Å²) in [5.41, 5.74) is 0. The number of fused-ring (bicyclic) bond motifs is 3. The summed E-state index contributed by atoms with van der Waals surface area (Å²) >= 11 is 0. The Bertz CT molecular complexity index is 604. The number of nitrogens with one attached hydrogen (secondary N) is 1. The summed E-state index contributed by atoms with van der Waals surface area (Å²) < 4.78 is 29.4. The van der Waals surface area contributed by atoms with Crippen LogP contribution in [0.2, 0.25) is 0 Å². The minimum Gasteiger partial charge on any atom is -0.333 e. The van der Waals surface area contributed by atoms with E-state index in [4.69, 9.17) is 0 Å². The summed E-state index contributed by atoms with van der Waals surface area (Å²) in [5, 5.41) is 3.77. The number of aryl methyl sites for hydroxylation is 2. The second-order valence-corrected chi connectivity index (χ2v) is 8.34. The van der Waals surface area contributed by atoms with Gasteiger partial charge in [0, 0.05) is 44.3 Å². The summed E-state index contributed by atoms with van der Waals surface area (Å²) in [6.45, 7) is 2.06. The summed E-state index contributed by atoms with van der Waals surface area (Å²) in [7, 11) is -3.44. The summed E-state index contributed by atoms with van der Waals surface area (Å²) in [5.74, 6) is 0.926. The quantitative estimate of drug-likeness (QED) is 0.875. The van der Waals surface area contributed by atoms with Crippen LogP contribution in [-0.2, 0) is 23.0 Å². The molecule has 0 saturated carbocycles.